The number of carbonyl (C=O) groups excluding carboxylic acids is 1. The number of hydrogen-bond donors (Lipinski definition) is 2. The van der Waals surface area contributed by atoms with E-state index in [4.69, 9.17) is 0 Å². The number of anilines is 1. The van der Waals surface area contributed by atoms with Gasteiger partial charge in [0.25, 0.3) is 5.91 Å². The van der Waals surface area contributed by atoms with Crippen LogP contribution in [0.4, 0.5) is 5.82 Å². The highest BCUT2D eigenvalue weighted by atomic mass is 16.3. The average Bonchev–Trinajstić information content (AvgIpc) is 3.27. The van der Waals surface area contributed by atoms with E-state index >= 15 is 0 Å². The fourth-order valence-electron chi connectivity index (χ4n) is 5.07. The number of aryl methyl sites for hydroxylation is 1. The van der Waals surface area contributed by atoms with Crippen molar-refractivity contribution in [3.8, 4) is 16.9 Å². The second kappa shape index (κ2) is 7.97. The van der Waals surface area contributed by atoms with Gasteiger partial charge in [-0.1, -0.05) is 18.2 Å². The van der Waals surface area contributed by atoms with E-state index in [9.17, 15) is 9.90 Å². The van der Waals surface area contributed by atoms with Gasteiger partial charge in [0.2, 0.25) is 0 Å². The lowest BCUT2D eigenvalue weighted by Crippen LogP contribution is -2.31. The smallest absolute Gasteiger partial charge is 0.253 e. The second-order valence-corrected chi connectivity index (χ2v) is 9.42. The number of piperidine rings is 1. The SMILES string of the molecule is Cc1ccc(C(=O)N2CC3C(C2)C3c2ccc(O)cc2)cc1-c1ccc(NC(C)C)nc1. The minimum atomic E-state index is 0.106. The van der Waals surface area contributed by atoms with Crippen LogP contribution in [0.2, 0.25) is 0 Å². The average molecular weight is 428 g/mol. The molecule has 0 bridgehead atoms. The molecule has 0 radical (unpaired) electrons. The van der Waals surface area contributed by atoms with Crippen molar-refractivity contribution in [1.29, 1.82) is 0 Å². The zero-order valence-electron chi connectivity index (χ0n) is 18.7. The Hall–Kier alpha value is -3.34. The fraction of sp³-hybridized carbons (Fsp3) is 0.333. The molecule has 2 aliphatic rings. The van der Waals surface area contributed by atoms with Crippen LogP contribution in [-0.4, -0.2) is 40.0 Å². The maximum Gasteiger partial charge on any atom is 0.253 e. The van der Waals surface area contributed by atoms with E-state index in [0.29, 0.717) is 29.5 Å². The summed E-state index contributed by atoms with van der Waals surface area (Å²) < 4.78 is 0. The maximum absolute atomic E-state index is 13.2. The van der Waals surface area contributed by atoms with Crippen LogP contribution in [0.15, 0.2) is 60.8 Å². The van der Waals surface area contributed by atoms with Crippen molar-refractivity contribution in [2.75, 3.05) is 18.4 Å². The summed E-state index contributed by atoms with van der Waals surface area (Å²) >= 11 is 0. The number of pyridine rings is 1. The highest BCUT2D eigenvalue weighted by Crippen LogP contribution is 2.58. The molecule has 2 heterocycles. The predicted molar refractivity (Wildman–Crippen MR) is 127 cm³/mol. The summed E-state index contributed by atoms with van der Waals surface area (Å²) in [5, 5.41) is 12.8. The fourth-order valence-corrected chi connectivity index (χ4v) is 5.07. The molecule has 5 nitrogen and oxygen atoms in total. The number of fused-ring (bicyclic) bond motifs is 1. The summed E-state index contributed by atoms with van der Waals surface area (Å²) in [5.41, 5.74) is 5.20. The van der Waals surface area contributed by atoms with E-state index in [1.165, 1.54) is 5.56 Å². The highest BCUT2D eigenvalue weighted by molar-refractivity contribution is 5.96. The summed E-state index contributed by atoms with van der Waals surface area (Å²) in [6.45, 7) is 7.84. The van der Waals surface area contributed by atoms with Crippen LogP contribution < -0.4 is 5.32 Å². The molecule has 1 aliphatic heterocycles. The zero-order valence-corrected chi connectivity index (χ0v) is 18.7. The van der Waals surface area contributed by atoms with Crippen molar-refractivity contribution >= 4 is 11.7 Å². The number of aromatic nitrogens is 1. The number of benzene rings is 2. The van der Waals surface area contributed by atoms with E-state index in [2.05, 4.69) is 37.1 Å². The van der Waals surface area contributed by atoms with Crippen LogP contribution in [0.1, 0.15) is 41.3 Å². The zero-order chi connectivity index (χ0) is 22.4. The third-order valence-electron chi connectivity index (χ3n) is 6.75. The molecular weight excluding hydrogens is 398 g/mol. The molecule has 2 atom stereocenters. The Morgan fingerprint density at radius 3 is 2.41 bits per heavy atom. The summed E-state index contributed by atoms with van der Waals surface area (Å²) in [6.07, 6.45) is 1.87. The van der Waals surface area contributed by atoms with Gasteiger partial charge in [0.1, 0.15) is 11.6 Å². The molecule has 1 saturated heterocycles. The molecule has 1 amide bonds. The minimum absolute atomic E-state index is 0.106. The first-order chi connectivity index (χ1) is 15.4. The van der Waals surface area contributed by atoms with Gasteiger partial charge in [0.05, 0.1) is 0 Å². The second-order valence-electron chi connectivity index (χ2n) is 9.42. The monoisotopic (exact) mass is 427 g/mol. The van der Waals surface area contributed by atoms with Crippen LogP contribution in [0.3, 0.4) is 0 Å². The quantitative estimate of drug-likeness (QED) is 0.597. The summed E-state index contributed by atoms with van der Waals surface area (Å²) in [4.78, 5) is 19.8. The molecule has 1 saturated carbocycles. The molecule has 2 N–H and O–H groups in total. The molecule has 5 heteroatoms. The Labute approximate surface area is 189 Å². The minimum Gasteiger partial charge on any atom is -0.508 e. The Morgan fingerprint density at radius 2 is 1.78 bits per heavy atom. The van der Waals surface area contributed by atoms with E-state index < -0.39 is 0 Å². The normalized spacial score (nSPS) is 21.5. The van der Waals surface area contributed by atoms with Gasteiger partial charge in [-0.15, -0.1) is 0 Å². The van der Waals surface area contributed by atoms with Gasteiger partial charge in [-0.25, -0.2) is 4.98 Å². The molecular formula is C27H29N3O2. The maximum atomic E-state index is 13.2. The van der Waals surface area contributed by atoms with Crippen LogP contribution in [0.5, 0.6) is 5.75 Å². The van der Waals surface area contributed by atoms with Crippen LogP contribution in [-0.2, 0) is 0 Å². The molecule has 3 aromatic rings. The third kappa shape index (κ3) is 3.83. The van der Waals surface area contributed by atoms with Crippen molar-refractivity contribution in [3.05, 3.63) is 77.5 Å². The Bertz CT molecular complexity index is 1130. The number of nitrogens with zero attached hydrogens (tertiary/aromatic N) is 2. The molecule has 1 aliphatic carbocycles. The number of nitrogens with one attached hydrogen (secondary N) is 1. The lowest BCUT2D eigenvalue weighted by Gasteiger charge is -2.21. The van der Waals surface area contributed by atoms with Crippen molar-refractivity contribution in [2.24, 2.45) is 11.8 Å². The van der Waals surface area contributed by atoms with Gasteiger partial charge >= 0.3 is 0 Å². The molecule has 32 heavy (non-hydrogen) atoms. The lowest BCUT2D eigenvalue weighted by molar-refractivity contribution is 0.0773. The number of phenolic OH excluding ortho intramolecular Hbond substituents is 1. The molecule has 164 valence electrons. The number of hydrogen-bond acceptors (Lipinski definition) is 4. The van der Waals surface area contributed by atoms with Gasteiger partial charge in [-0.2, -0.15) is 0 Å². The van der Waals surface area contributed by atoms with Crippen molar-refractivity contribution in [2.45, 2.75) is 32.7 Å². The first kappa shape index (κ1) is 20.6. The van der Waals surface area contributed by atoms with E-state index in [-0.39, 0.29) is 5.91 Å². The van der Waals surface area contributed by atoms with Crippen LogP contribution >= 0.6 is 0 Å². The van der Waals surface area contributed by atoms with Gasteiger partial charge in [0.15, 0.2) is 0 Å². The van der Waals surface area contributed by atoms with Gasteiger partial charge in [-0.3, -0.25) is 4.79 Å². The highest BCUT2D eigenvalue weighted by Gasteiger charge is 2.57. The predicted octanol–water partition coefficient (Wildman–Crippen LogP) is 5.07. The number of amides is 1. The van der Waals surface area contributed by atoms with E-state index in [1.54, 1.807) is 12.1 Å². The third-order valence-corrected chi connectivity index (χ3v) is 6.75. The van der Waals surface area contributed by atoms with Crippen molar-refractivity contribution < 1.29 is 9.90 Å². The molecule has 1 aromatic heterocycles. The standard InChI is InChI=1S/C27H29N3O2/c1-16(2)29-25-11-8-20(13-28-25)22-12-19(5-4-17(22)3)27(32)30-14-23-24(15-30)26(23)18-6-9-21(31)10-7-18/h4-13,16,23-24,26,31H,14-15H2,1-3H3,(H,28,29). The number of rotatable bonds is 5. The van der Waals surface area contributed by atoms with Crippen molar-refractivity contribution in [1.82, 2.24) is 9.88 Å². The topological polar surface area (TPSA) is 65.5 Å². The largest absolute Gasteiger partial charge is 0.508 e. The summed E-state index contributed by atoms with van der Waals surface area (Å²) in [5.74, 6) is 2.82. The Morgan fingerprint density at radius 1 is 1.06 bits per heavy atom. The van der Waals surface area contributed by atoms with Crippen LogP contribution in [0, 0.1) is 18.8 Å². The number of phenols is 1. The van der Waals surface area contributed by atoms with Crippen molar-refractivity contribution in [3.63, 3.8) is 0 Å². The molecule has 5 rings (SSSR count). The molecule has 0 spiro atoms. The van der Waals surface area contributed by atoms with Crippen LogP contribution in [0.25, 0.3) is 11.1 Å². The molecule has 2 aromatic carbocycles. The molecule has 2 unspecified atom stereocenters. The first-order valence-corrected chi connectivity index (χ1v) is 11.3. The number of likely N-dealkylation sites (tertiary alicyclic amines) is 1. The molecule has 2 fully saturated rings. The lowest BCUT2D eigenvalue weighted by atomic mass is 9.98. The van der Waals surface area contributed by atoms with Gasteiger partial charge in [0, 0.05) is 36.5 Å². The number of carbonyl (C=O) groups is 1. The Balaban J connectivity index is 1.29. The Kier molecular flexibility index (Phi) is 5.12. The van der Waals surface area contributed by atoms with E-state index in [0.717, 1.165) is 41.2 Å². The first-order valence-electron chi connectivity index (χ1n) is 11.3. The summed E-state index contributed by atoms with van der Waals surface area (Å²) in [7, 11) is 0. The van der Waals surface area contributed by atoms with E-state index in [1.807, 2.05) is 47.5 Å². The van der Waals surface area contributed by atoms with Gasteiger partial charge < -0.3 is 15.3 Å². The summed E-state index contributed by atoms with van der Waals surface area (Å²) in [6, 6.07) is 17.9. The number of aromatic hydroxyl groups is 1. The van der Waals surface area contributed by atoms with Gasteiger partial charge in [-0.05, 0) is 91.6 Å².